The van der Waals surface area contributed by atoms with Gasteiger partial charge in [-0.05, 0) is 25.7 Å². The Morgan fingerprint density at radius 1 is 1.39 bits per heavy atom. The molecule has 0 aliphatic heterocycles. The topological polar surface area (TPSA) is 67.5 Å². The summed E-state index contributed by atoms with van der Waals surface area (Å²) in [5.74, 6) is 0.954. The van der Waals surface area contributed by atoms with Gasteiger partial charge in [0.2, 0.25) is 0 Å². The fraction of sp³-hybridized carbons (Fsp3) is 0.615. The second-order valence-electron chi connectivity index (χ2n) is 4.88. The van der Waals surface area contributed by atoms with Crippen molar-refractivity contribution in [3.63, 3.8) is 0 Å². The van der Waals surface area contributed by atoms with Crippen LogP contribution < -0.4 is 5.63 Å². The number of aryl methyl sites for hydroxylation is 1. The fourth-order valence-electron chi connectivity index (χ4n) is 2.45. The standard InChI is InChI=1S/C13H18O4S/c1-9-7-11(14)12(13(15)17-9)18(16)8-10-5-3-2-4-6-10/h7,10,14H,2-6,8H2,1H3. The van der Waals surface area contributed by atoms with Crippen LogP contribution in [0.15, 0.2) is 20.2 Å². The highest BCUT2D eigenvalue weighted by Crippen LogP contribution is 2.27. The molecule has 0 spiro atoms. The Hall–Kier alpha value is -1.10. The molecule has 1 heterocycles. The molecule has 1 atom stereocenters. The molecule has 0 bridgehead atoms. The number of hydrogen-bond donors (Lipinski definition) is 1. The van der Waals surface area contributed by atoms with Crippen molar-refractivity contribution >= 4 is 10.8 Å². The summed E-state index contributed by atoms with van der Waals surface area (Å²) < 4.78 is 17.0. The second-order valence-corrected chi connectivity index (χ2v) is 6.31. The first kappa shape index (κ1) is 13.3. The SMILES string of the molecule is Cc1cc(O)c(S(=O)CC2CCCCC2)c(=O)o1. The van der Waals surface area contributed by atoms with E-state index in [9.17, 15) is 14.1 Å². The van der Waals surface area contributed by atoms with Crippen LogP contribution in [-0.2, 0) is 10.8 Å². The minimum Gasteiger partial charge on any atom is -0.506 e. The first-order chi connectivity index (χ1) is 8.58. The highest BCUT2D eigenvalue weighted by Gasteiger charge is 2.22. The Labute approximate surface area is 108 Å². The van der Waals surface area contributed by atoms with Gasteiger partial charge < -0.3 is 9.52 Å². The molecule has 2 rings (SSSR count). The van der Waals surface area contributed by atoms with Crippen molar-refractivity contribution in [1.82, 2.24) is 0 Å². The van der Waals surface area contributed by atoms with E-state index in [4.69, 9.17) is 4.42 Å². The van der Waals surface area contributed by atoms with Crippen LogP contribution in [0.4, 0.5) is 0 Å². The third-order valence-electron chi connectivity index (χ3n) is 3.35. The van der Waals surface area contributed by atoms with Crippen molar-refractivity contribution in [2.24, 2.45) is 5.92 Å². The minimum atomic E-state index is -1.47. The van der Waals surface area contributed by atoms with Crippen LogP contribution in [0.5, 0.6) is 5.75 Å². The Bertz CT molecular complexity index is 500. The molecule has 0 radical (unpaired) electrons. The Kier molecular flexibility index (Phi) is 4.22. The molecular formula is C13H18O4S. The van der Waals surface area contributed by atoms with Crippen LogP contribution in [-0.4, -0.2) is 15.1 Å². The highest BCUT2D eigenvalue weighted by atomic mass is 32.2. The van der Waals surface area contributed by atoms with E-state index in [0.29, 0.717) is 17.4 Å². The van der Waals surface area contributed by atoms with Gasteiger partial charge in [-0.15, -0.1) is 0 Å². The lowest BCUT2D eigenvalue weighted by molar-refractivity contribution is 0.386. The van der Waals surface area contributed by atoms with Gasteiger partial charge in [-0.3, -0.25) is 4.21 Å². The van der Waals surface area contributed by atoms with E-state index in [0.717, 1.165) is 25.7 Å². The molecule has 100 valence electrons. The number of hydrogen-bond acceptors (Lipinski definition) is 4. The average Bonchev–Trinajstić information content (AvgIpc) is 2.28. The van der Waals surface area contributed by atoms with Crippen LogP contribution in [0.3, 0.4) is 0 Å². The maximum atomic E-state index is 12.2. The van der Waals surface area contributed by atoms with Crippen molar-refractivity contribution < 1.29 is 13.7 Å². The van der Waals surface area contributed by atoms with Crippen molar-refractivity contribution in [3.05, 3.63) is 22.2 Å². The molecular weight excluding hydrogens is 252 g/mol. The molecule has 1 aliphatic carbocycles. The lowest BCUT2D eigenvalue weighted by Gasteiger charge is -2.20. The molecule has 1 fully saturated rings. The molecule has 18 heavy (non-hydrogen) atoms. The third-order valence-corrected chi connectivity index (χ3v) is 4.96. The van der Waals surface area contributed by atoms with E-state index in [1.807, 2.05) is 0 Å². The van der Waals surface area contributed by atoms with Gasteiger partial charge in [0.05, 0.1) is 10.8 Å². The smallest absolute Gasteiger partial charge is 0.356 e. The molecule has 1 saturated carbocycles. The normalized spacial score (nSPS) is 18.7. The van der Waals surface area contributed by atoms with Crippen LogP contribution >= 0.6 is 0 Å². The molecule has 1 aromatic heterocycles. The first-order valence-corrected chi connectivity index (χ1v) is 7.62. The van der Waals surface area contributed by atoms with Crippen LogP contribution in [0.25, 0.3) is 0 Å². The summed E-state index contributed by atoms with van der Waals surface area (Å²) in [4.78, 5) is 11.5. The molecule has 0 saturated heterocycles. The average molecular weight is 270 g/mol. The van der Waals surface area contributed by atoms with Gasteiger partial charge >= 0.3 is 5.63 Å². The summed E-state index contributed by atoms with van der Waals surface area (Å²) >= 11 is 0. The number of rotatable bonds is 3. The summed E-state index contributed by atoms with van der Waals surface area (Å²) in [5, 5.41) is 9.72. The van der Waals surface area contributed by atoms with Gasteiger partial charge in [-0.2, -0.15) is 0 Å². The van der Waals surface area contributed by atoms with Crippen molar-refractivity contribution in [1.29, 1.82) is 0 Å². The van der Waals surface area contributed by atoms with E-state index >= 15 is 0 Å². The summed E-state index contributed by atoms with van der Waals surface area (Å²) in [7, 11) is -1.47. The largest absolute Gasteiger partial charge is 0.506 e. The zero-order valence-corrected chi connectivity index (χ0v) is 11.3. The van der Waals surface area contributed by atoms with E-state index in [1.165, 1.54) is 12.5 Å². The zero-order chi connectivity index (χ0) is 13.1. The molecule has 0 amide bonds. The van der Waals surface area contributed by atoms with Gasteiger partial charge in [0.25, 0.3) is 0 Å². The Balaban J connectivity index is 2.16. The highest BCUT2D eigenvalue weighted by molar-refractivity contribution is 7.85. The van der Waals surface area contributed by atoms with Gasteiger partial charge in [-0.1, -0.05) is 19.3 Å². The summed E-state index contributed by atoms with van der Waals surface area (Å²) in [6, 6.07) is 1.34. The van der Waals surface area contributed by atoms with Crippen LogP contribution in [0, 0.1) is 12.8 Å². The third kappa shape index (κ3) is 3.02. The zero-order valence-electron chi connectivity index (χ0n) is 10.5. The van der Waals surface area contributed by atoms with E-state index in [2.05, 4.69) is 0 Å². The van der Waals surface area contributed by atoms with Crippen molar-refractivity contribution in [3.8, 4) is 5.75 Å². The monoisotopic (exact) mass is 270 g/mol. The Morgan fingerprint density at radius 2 is 2.06 bits per heavy atom. The van der Waals surface area contributed by atoms with Gasteiger partial charge in [0.15, 0.2) is 4.90 Å². The molecule has 5 heteroatoms. The molecule has 4 nitrogen and oxygen atoms in total. The van der Waals surface area contributed by atoms with Gasteiger partial charge in [0.1, 0.15) is 11.5 Å². The molecule has 1 aromatic rings. The van der Waals surface area contributed by atoms with Crippen LogP contribution in [0.1, 0.15) is 37.9 Å². The molecule has 1 aliphatic rings. The summed E-state index contributed by atoms with van der Waals surface area (Å²) in [6.07, 6.45) is 5.68. The summed E-state index contributed by atoms with van der Waals surface area (Å²) in [6.45, 7) is 1.58. The lowest BCUT2D eigenvalue weighted by Crippen LogP contribution is -2.19. The predicted octanol–water partition coefficient (Wildman–Crippen LogP) is 2.34. The number of aromatic hydroxyl groups is 1. The van der Waals surface area contributed by atoms with Crippen molar-refractivity contribution in [2.75, 3.05) is 5.75 Å². The molecule has 0 aromatic carbocycles. The fourth-order valence-corrected chi connectivity index (χ4v) is 3.89. The van der Waals surface area contributed by atoms with E-state index in [-0.39, 0.29) is 10.6 Å². The van der Waals surface area contributed by atoms with Crippen molar-refractivity contribution in [2.45, 2.75) is 43.9 Å². The quantitative estimate of drug-likeness (QED) is 0.915. The minimum absolute atomic E-state index is 0.0776. The molecule has 1 N–H and O–H groups in total. The second kappa shape index (κ2) is 5.69. The van der Waals surface area contributed by atoms with E-state index < -0.39 is 16.4 Å². The van der Waals surface area contributed by atoms with Gasteiger partial charge in [-0.25, -0.2) is 4.79 Å². The van der Waals surface area contributed by atoms with Gasteiger partial charge in [0, 0.05) is 11.8 Å². The first-order valence-electron chi connectivity index (χ1n) is 6.30. The maximum absolute atomic E-state index is 12.2. The maximum Gasteiger partial charge on any atom is 0.356 e. The Morgan fingerprint density at radius 3 is 2.67 bits per heavy atom. The summed E-state index contributed by atoms with van der Waals surface area (Å²) in [5.41, 5.74) is -0.679. The predicted molar refractivity (Wildman–Crippen MR) is 69.2 cm³/mol. The lowest BCUT2D eigenvalue weighted by atomic mass is 9.91. The van der Waals surface area contributed by atoms with Crippen LogP contribution in [0.2, 0.25) is 0 Å². The van der Waals surface area contributed by atoms with E-state index in [1.54, 1.807) is 6.92 Å². The molecule has 1 unspecified atom stereocenters.